The van der Waals surface area contributed by atoms with Gasteiger partial charge in [0.2, 0.25) is 0 Å². The predicted octanol–water partition coefficient (Wildman–Crippen LogP) is 3.26. The van der Waals surface area contributed by atoms with Crippen LogP contribution in [0.25, 0.3) is 11.0 Å². The summed E-state index contributed by atoms with van der Waals surface area (Å²) in [4.78, 5) is 4.62. The lowest BCUT2D eigenvalue weighted by Gasteiger charge is -2.14. The Hall–Kier alpha value is -1.42. The molecule has 0 aliphatic carbocycles. The van der Waals surface area contributed by atoms with Gasteiger partial charge in [-0.25, -0.2) is 9.37 Å². The number of nitrogens with one attached hydrogen (secondary N) is 1. The first-order chi connectivity index (χ1) is 8.67. The van der Waals surface area contributed by atoms with Crippen molar-refractivity contribution >= 4 is 11.0 Å². The van der Waals surface area contributed by atoms with E-state index in [4.69, 9.17) is 0 Å². The van der Waals surface area contributed by atoms with Gasteiger partial charge < -0.3 is 9.88 Å². The topological polar surface area (TPSA) is 29.9 Å². The van der Waals surface area contributed by atoms with Crippen molar-refractivity contribution in [2.45, 2.75) is 39.8 Å². The number of nitrogens with zero attached hydrogens (tertiary/aromatic N) is 2. The molecule has 1 aromatic heterocycles. The maximum Gasteiger partial charge on any atom is 0.126 e. The summed E-state index contributed by atoms with van der Waals surface area (Å²) in [5.41, 5.74) is 1.75. The van der Waals surface area contributed by atoms with Crippen molar-refractivity contribution in [3.63, 3.8) is 0 Å². The Bertz CT molecular complexity index is 533. The van der Waals surface area contributed by atoms with Gasteiger partial charge in [0, 0.05) is 6.54 Å². The standard InChI is InChI=1S/C14H20FN3/c1-4-8-18-13-9-11(15)6-7-12(13)17-14(18)10(3)16-5-2/h6-7,9-10,16H,4-5,8H2,1-3H3. The van der Waals surface area contributed by atoms with Crippen LogP contribution in [0.15, 0.2) is 18.2 Å². The molecule has 0 spiro atoms. The molecule has 1 N–H and O–H groups in total. The molecular weight excluding hydrogens is 229 g/mol. The van der Waals surface area contributed by atoms with Gasteiger partial charge in [-0.15, -0.1) is 0 Å². The largest absolute Gasteiger partial charge is 0.327 e. The van der Waals surface area contributed by atoms with Gasteiger partial charge in [-0.2, -0.15) is 0 Å². The summed E-state index contributed by atoms with van der Waals surface area (Å²) >= 11 is 0. The molecule has 2 aromatic rings. The molecule has 0 saturated heterocycles. The van der Waals surface area contributed by atoms with Crippen molar-refractivity contribution in [2.24, 2.45) is 0 Å². The van der Waals surface area contributed by atoms with Crippen LogP contribution in [0.4, 0.5) is 4.39 Å². The maximum atomic E-state index is 13.4. The first-order valence-electron chi connectivity index (χ1n) is 6.56. The first kappa shape index (κ1) is 13.0. The van der Waals surface area contributed by atoms with E-state index in [1.54, 1.807) is 12.1 Å². The van der Waals surface area contributed by atoms with Crippen molar-refractivity contribution in [3.05, 3.63) is 29.8 Å². The minimum absolute atomic E-state index is 0.178. The second-order valence-corrected chi connectivity index (χ2v) is 4.53. The van der Waals surface area contributed by atoms with E-state index in [0.29, 0.717) is 0 Å². The Balaban J connectivity index is 2.54. The molecule has 0 radical (unpaired) electrons. The van der Waals surface area contributed by atoms with Crippen LogP contribution in [0, 0.1) is 5.82 Å². The Morgan fingerprint density at radius 3 is 2.83 bits per heavy atom. The average molecular weight is 249 g/mol. The molecule has 0 bridgehead atoms. The monoisotopic (exact) mass is 249 g/mol. The van der Waals surface area contributed by atoms with Gasteiger partial charge in [-0.05, 0) is 38.1 Å². The van der Waals surface area contributed by atoms with Crippen LogP contribution in [0.5, 0.6) is 0 Å². The van der Waals surface area contributed by atoms with E-state index in [9.17, 15) is 4.39 Å². The normalized spacial score (nSPS) is 13.1. The lowest BCUT2D eigenvalue weighted by Crippen LogP contribution is -2.21. The van der Waals surface area contributed by atoms with E-state index in [-0.39, 0.29) is 11.9 Å². The minimum Gasteiger partial charge on any atom is -0.327 e. The molecule has 0 aliphatic heterocycles. The van der Waals surface area contributed by atoms with Crippen LogP contribution in [-0.2, 0) is 6.54 Å². The van der Waals surface area contributed by atoms with Gasteiger partial charge in [0.25, 0.3) is 0 Å². The lowest BCUT2D eigenvalue weighted by atomic mass is 10.3. The number of rotatable bonds is 5. The number of aryl methyl sites for hydroxylation is 1. The fourth-order valence-corrected chi connectivity index (χ4v) is 2.30. The molecule has 1 unspecified atom stereocenters. The zero-order valence-electron chi connectivity index (χ0n) is 11.2. The van der Waals surface area contributed by atoms with E-state index in [0.717, 1.165) is 36.4 Å². The zero-order chi connectivity index (χ0) is 13.1. The Labute approximate surface area is 107 Å². The number of aromatic nitrogens is 2. The third-order valence-electron chi connectivity index (χ3n) is 3.08. The molecule has 0 amide bonds. The Morgan fingerprint density at radius 1 is 1.39 bits per heavy atom. The fourth-order valence-electron chi connectivity index (χ4n) is 2.30. The van der Waals surface area contributed by atoms with Gasteiger partial charge in [0.15, 0.2) is 0 Å². The summed E-state index contributed by atoms with van der Waals surface area (Å²) < 4.78 is 15.5. The molecule has 18 heavy (non-hydrogen) atoms. The van der Waals surface area contributed by atoms with Gasteiger partial charge in [0.1, 0.15) is 11.6 Å². The van der Waals surface area contributed by atoms with Gasteiger partial charge in [0.05, 0.1) is 17.1 Å². The molecule has 2 rings (SSSR count). The highest BCUT2D eigenvalue weighted by Gasteiger charge is 2.15. The fraction of sp³-hybridized carbons (Fsp3) is 0.500. The highest BCUT2D eigenvalue weighted by molar-refractivity contribution is 5.76. The van der Waals surface area contributed by atoms with Crippen LogP contribution >= 0.6 is 0 Å². The van der Waals surface area contributed by atoms with Gasteiger partial charge in [-0.1, -0.05) is 13.8 Å². The summed E-state index contributed by atoms with van der Waals surface area (Å²) in [7, 11) is 0. The third-order valence-corrected chi connectivity index (χ3v) is 3.08. The molecule has 3 nitrogen and oxygen atoms in total. The Morgan fingerprint density at radius 2 is 2.17 bits per heavy atom. The summed E-state index contributed by atoms with van der Waals surface area (Å²) in [6, 6.07) is 4.96. The quantitative estimate of drug-likeness (QED) is 0.881. The number of benzene rings is 1. The highest BCUT2D eigenvalue weighted by atomic mass is 19.1. The zero-order valence-corrected chi connectivity index (χ0v) is 11.2. The van der Waals surface area contributed by atoms with Gasteiger partial charge >= 0.3 is 0 Å². The minimum atomic E-state index is -0.206. The number of halogens is 1. The van der Waals surface area contributed by atoms with Crippen LogP contribution in [0.3, 0.4) is 0 Å². The molecule has 98 valence electrons. The average Bonchev–Trinajstić information content (AvgIpc) is 2.69. The van der Waals surface area contributed by atoms with E-state index in [1.807, 2.05) is 0 Å². The van der Waals surface area contributed by atoms with Crippen LogP contribution in [0.2, 0.25) is 0 Å². The second kappa shape index (κ2) is 5.48. The van der Waals surface area contributed by atoms with Crippen molar-refractivity contribution in [3.8, 4) is 0 Å². The molecule has 0 fully saturated rings. The summed E-state index contributed by atoms with van der Waals surface area (Å²) in [5.74, 6) is 0.779. The van der Waals surface area contributed by atoms with E-state index < -0.39 is 0 Å². The van der Waals surface area contributed by atoms with E-state index in [1.165, 1.54) is 6.07 Å². The predicted molar refractivity (Wildman–Crippen MR) is 72.1 cm³/mol. The number of fused-ring (bicyclic) bond motifs is 1. The number of hydrogen-bond donors (Lipinski definition) is 1. The second-order valence-electron chi connectivity index (χ2n) is 4.53. The number of imidazole rings is 1. The van der Waals surface area contributed by atoms with Crippen molar-refractivity contribution < 1.29 is 4.39 Å². The van der Waals surface area contributed by atoms with Crippen LogP contribution in [-0.4, -0.2) is 16.1 Å². The van der Waals surface area contributed by atoms with Gasteiger partial charge in [-0.3, -0.25) is 0 Å². The molecular formula is C14H20FN3. The van der Waals surface area contributed by atoms with Crippen molar-refractivity contribution in [1.29, 1.82) is 0 Å². The molecule has 1 heterocycles. The molecule has 0 aliphatic rings. The molecule has 4 heteroatoms. The van der Waals surface area contributed by atoms with Crippen LogP contribution in [0.1, 0.15) is 39.1 Å². The summed E-state index contributed by atoms with van der Waals surface area (Å²) in [6.45, 7) is 8.04. The Kier molecular flexibility index (Phi) is 3.97. The summed E-state index contributed by atoms with van der Waals surface area (Å²) in [6.07, 6.45) is 1.01. The summed E-state index contributed by atoms with van der Waals surface area (Å²) in [5, 5.41) is 3.36. The molecule has 1 aromatic carbocycles. The van der Waals surface area contributed by atoms with Crippen LogP contribution < -0.4 is 5.32 Å². The van der Waals surface area contributed by atoms with E-state index >= 15 is 0 Å². The van der Waals surface area contributed by atoms with Crippen molar-refractivity contribution in [1.82, 2.24) is 14.9 Å². The highest BCUT2D eigenvalue weighted by Crippen LogP contribution is 2.22. The SMILES string of the molecule is CCCn1c(C(C)NCC)nc2ccc(F)cc21. The third kappa shape index (κ3) is 2.38. The smallest absolute Gasteiger partial charge is 0.126 e. The van der Waals surface area contributed by atoms with Crippen molar-refractivity contribution in [2.75, 3.05) is 6.54 Å². The first-order valence-corrected chi connectivity index (χ1v) is 6.56. The molecule has 0 saturated carbocycles. The lowest BCUT2D eigenvalue weighted by molar-refractivity contribution is 0.527. The maximum absolute atomic E-state index is 13.4. The molecule has 1 atom stereocenters. The number of hydrogen-bond acceptors (Lipinski definition) is 2. The van der Waals surface area contributed by atoms with E-state index in [2.05, 4.69) is 35.6 Å².